The van der Waals surface area contributed by atoms with Crippen LogP contribution in [-0.2, 0) is 0 Å². The fraction of sp³-hybridized carbons (Fsp3) is 0.400. The zero-order chi connectivity index (χ0) is 10.8. The van der Waals surface area contributed by atoms with Gasteiger partial charge in [0.2, 0.25) is 0 Å². The molecule has 0 spiro atoms. The molecule has 2 rings (SSSR count). The van der Waals surface area contributed by atoms with E-state index in [-0.39, 0.29) is 6.04 Å². The number of nitrogens with one attached hydrogen (secondary N) is 1. The SMILES string of the molecule is CNC(C)c1nnc(-c2occc2C)s1. The van der Waals surface area contributed by atoms with Gasteiger partial charge in [0.1, 0.15) is 5.01 Å². The molecule has 80 valence electrons. The fourth-order valence-corrected chi connectivity index (χ4v) is 2.17. The van der Waals surface area contributed by atoms with E-state index in [4.69, 9.17) is 4.42 Å². The van der Waals surface area contributed by atoms with Crippen molar-refractivity contribution in [3.63, 3.8) is 0 Å². The molecule has 0 saturated carbocycles. The number of hydrogen-bond donors (Lipinski definition) is 1. The van der Waals surface area contributed by atoms with Crippen LogP contribution in [-0.4, -0.2) is 17.2 Å². The van der Waals surface area contributed by atoms with Gasteiger partial charge in [0.05, 0.1) is 12.3 Å². The summed E-state index contributed by atoms with van der Waals surface area (Å²) in [5.41, 5.74) is 1.09. The van der Waals surface area contributed by atoms with Gasteiger partial charge in [-0.25, -0.2) is 0 Å². The lowest BCUT2D eigenvalue weighted by molar-refractivity contribution is 0.579. The van der Waals surface area contributed by atoms with Gasteiger partial charge in [-0.2, -0.15) is 0 Å². The minimum Gasteiger partial charge on any atom is -0.461 e. The summed E-state index contributed by atoms with van der Waals surface area (Å²) < 4.78 is 5.36. The largest absolute Gasteiger partial charge is 0.461 e. The molecule has 0 amide bonds. The van der Waals surface area contributed by atoms with Crippen molar-refractivity contribution in [2.45, 2.75) is 19.9 Å². The summed E-state index contributed by atoms with van der Waals surface area (Å²) in [4.78, 5) is 0. The van der Waals surface area contributed by atoms with E-state index in [1.54, 1.807) is 17.6 Å². The molecule has 0 fully saturated rings. The molecule has 5 heteroatoms. The third kappa shape index (κ3) is 1.93. The van der Waals surface area contributed by atoms with Gasteiger partial charge >= 0.3 is 0 Å². The van der Waals surface area contributed by atoms with Crippen LogP contribution in [0.4, 0.5) is 0 Å². The highest BCUT2D eigenvalue weighted by Gasteiger charge is 2.14. The summed E-state index contributed by atoms with van der Waals surface area (Å²) in [6.07, 6.45) is 1.67. The second-order valence-corrected chi connectivity index (χ2v) is 4.40. The molecule has 0 aromatic carbocycles. The smallest absolute Gasteiger partial charge is 0.183 e. The number of aryl methyl sites for hydroxylation is 1. The first-order valence-corrected chi connectivity index (χ1v) is 5.59. The zero-order valence-electron chi connectivity index (χ0n) is 8.94. The van der Waals surface area contributed by atoms with Crippen molar-refractivity contribution >= 4 is 11.3 Å². The van der Waals surface area contributed by atoms with E-state index in [1.807, 2.05) is 20.0 Å². The van der Waals surface area contributed by atoms with E-state index in [2.05, 4.69) is 22.4 Å². The highest BCUT2D eigenvalue weighted by Crippen LogP contribution is 2.29. The van der Waals surface area contributed by atoms with E-state index in [0.29, 0.717) is 0 Å². The van der Waals surface area contributed by atoms with Crippen LogP contribution in [0.25, 0.3) is 10.8 Å². The molecular formula is C10H13N3OS. The number of hydrogen-bond acceptors (Lipinski definition) is 5. The first-order chi connectivity index (χ1) is 7.22. The molecular weight excluding hydrogens is 210 g/mol. The van der Waals surface area contributed by atoms with Crippen molar-refractivity contribution < 1.29 is 4.42 Å². The average Bonchev–Trinajstić information content (AvgIpc) is 2.84. The second kappa shape index (κ2) is 4.12. The van der Waals surface area contributed by atoms with Crippen LogP contribution in [0.15, 0.2) is 16.7 Å². The lowest BCUT2D eigenvalue weighted by Crippen LogP contribution is -2.11. The number of furan rings is 1. The van der Waals surface area contributed by atoms with Gasteiger partial charge in [-0.15, -0.1) is 10.2 Å². The van der Waals surface area contributed by atoms with Crippen molar-refractivity contribution in [2.24, 2.45) is 0 Å². The number of aromatic nitrogens is 2. The van der Waals surface area contributed by atoms with Gasteiger partial charge in [-0.05, 0) is 32.5 Å². The monoisotopic (exact) mass is 223 g/mol. The molecule has 2 heterocycles. The lowest BCUT2D eigenvalue weighted by Gasteiger charge is -2.02. The van der Waals surface area contributed by atoms with Gasteiger partial charge in [0, 0.05) is 0 Å². The van der Waals surface area contributed by atoms with Crippen molar-refractivity contribution in [1.29, 1.82) is 0 Å². The summed E-state index contributed by atoms with van der Waals surface area (Å²) in [5, 5.41) is 13.2. The maximum Gasteiger partial charge on any atom is 0.183 e. The van der Waals surface area contributed by atoms with Gasteiger partial charge in [-0.3, -0.25) is 0 Å². The molecule has 1 N–H and O–H groups in total. The summed E-state index contributed by atoms with van der Waals surface area (Å²) in [6, 6.07) is 2.16. The van der Waals surface area contributed by atoms with Crippen molar-refractivity contribution in [1.82, 2.24) is 15.5 Å². The van der Waals surface area contributed by atoms with Crippen molar-refractivity contribution in [3.8, 4) is 10.8 Å². The van der Waals surface area contributed by atoms with E-state index < -0.39 is 0 Å². The summed E-state index contributed by atoms with van der Waals surface area (Å²) in [7, 11) is 1.91. The Bertz CT molecular complexity index is 449. The Morgan fingerprint density at radius 1 is 1.47 bits per heavy atom. The van der Waals surface area contributed by atoms with Crippen molar-refractivity contribution in [2.75, 3.05) is 7.05 Å². The fourth-order valence-electron chi connectivity index (χ4n) is 1.22. The standard InChI is InChI=1S/C10H13N3OS/c1-6-4-5-14-8(6)10-13-12-9(15-10)7(2)11-3/h4-5,7,11H,1-3H3. The Hall–Kier alpha value is -1.20. The first-order valence-electron chi connectivity index (χ1n) is 4.77. The minimum absolute atomic E-state index is 0.228. The Balaban J connectivity index is 2.32. The van der Waals surface area contributed by atoms with Crippen LogP contribution < -0.4 is 5.32 Å². The third-order valence-corrected chi connectivity index (χ3v) is 3.41. The third-order valence-electron chi connectivity index (χ3n) is 2.30. The van der Waals surface area contributed by atoms with Crippen LogP contribution in [0.2, 0.25) is 0 Å². The minimum atomic E-state index is 0.228. The average molecular weight is 223 g/mol. The normalized spacial score (nSPS) is 13.0. The maximum atomic E-state index is 5.36. The van der Waals surface area contributed by atoms with E-state index in [0.717, 1.165) is 21.3 Å². The molecule has 2 aromatic heterocycles. The maximum absolute atomic E-state index is 5.36. The quantitative estimate of drug-likeness (QED) is 0.868. The summed E-state index contributed by atoms with van der Waals surface area (Å²) in [6.45, 7) is 4.06. The Kier molecular flexibility index (Phi) is 2.83. The number of nitrogens with zero attached hydrogens (tertiary/aromatic N) is 2. The molecule has 0 aliphatic rings. The van der Waals surface area contributed by atoms with Crippen LogP contribution in [0.5, 0.6) is 0 Å². The predicted molar refractivity (Wildman–Crippen MR) is 59.8 cm³/mol. The molecule has 1 unspecified atom stereocenters. The zero-order valence-corrected chi connectivity index (χ0v) is 9.76. The second-order valence-electron chi connectivity index (χ2n) is 3.39. The molecule has 4 nitrogen and oxygen atoms in total. The molecule has 0 radical (unpaired) electrons. The van der Waals surface area contributed by atoms with E-state index >= 15 is 0 Å². The van der Waals surface area contributed by atoms with Crippen LogP contribution >= 0.6 is 11.3 Å². The van der Waals surface area contributed by atoms with Gasteiger partial charge in [0.25, 0.3) is 0 Å². The van der Waals surface area contributed by atoms with E-state index in [9.17, 15) is 0 Å². The summed E-state index contributed by atoms with van der Waals surface area (Å²) in [5.74, 6) is 0.821. The van der Waals surface area contributed by atoms with Crippen LogP contribution in [0.3, 0.4) is 0 Å². The first kappa shape index (κ1) is 10.3. The van der Waals surface area contributed by atoms with E-state index in [1.165, 1.54) is 0 Å². The molecule has 0 aliphatic carbocycles. The topological polar surface area (TPSA) is 51.0 Å². The predicted octanol–water partition coefficient (Wildman–Crippen LogP) is 2.39. The molecule has 0 bridgehead atoms. The Labute approximate surface area is 92.3 Å². The Morgan fingerprint density at radius 2 is 2.27 bits per heavy atom. The van der Waals surface area contributed by atoms with Crippen LogP contribution in [0, 0.1) is 6.92 Å². The van der Waals surface area contributed by atoms with Crippen LogP contribution in [0.1, 0.15) is 23.5 Å². The van der Waals surface area contributed by atoms with Gasteiger partial charge in [0.15, 0.2) is 10.8 Å². The van der Waals surface area contributed by atoms with Gasteiger partial charge < -0.3 is 9.73 Å². The lowest BCUT2D eigenvalue weighted by atomic mass is 10.3. The van der Waals surface area contributed by atoms with Crippen molar-refractivity contribution in [3.05, 3.63) is 22.9 Å². The highest BCUT2D eigenvalue weighted by atomic mass is 32.1. The Morgan fingerprint density at radius 3 is 2.87 bits per heavy atom. The molecule has 15 heavy (non-hydrogen) atoms. The molecule has 0 aliphatic heterocycles. The summed E-state index contributed by atoms with van der Waals surface area (Å²) >= 11 is 1.56. The molecule has 2 aromatic rings. The number of rotatable bonds is 3. The molecule has 1 atom stereocenters. The molecule has 0 saturated heterocycles. The highest BCUT2D eigenvalue weighted by molar-refractivity contribution is 7.14. The van der Waals surface area contributed by atoms with Gasteiger partial charge in [-0.1, -0.05) is 11.3 Å².